The first-order valence-corrected chi connectivity index (χ1v) is 10.2. The number of alkyl halides is 6. The van der Waals surface area contributed by atoms with Gasteiger partial charge < -0.3 is 9.47 Å². The van der Waals surface area contributed by atoms with E-state index in [1.165, 1.54) is 0 Å². The number of hydrogen-bond acceptors (Lipinski definition) is 6. The molecule has 1 saturated heterocycles. The molecule has 14 heteroatoms. The van der Waals surface area contributed by atoms with E-state index in [2.05, 4.69) is 14.7 Å². The van der Waals surface area contributed by atoms with Crippen LogP contribution in [0, 0.1) is 0 Å². The van der Waals surface area contributed by atoms with Crippen LogP contribution in [0.5, 0.6) is 11.8 Å². The molecular weight excluding hydrogens is 456 g/mol. The van der Waals surface area contributed by atoms with Crippen molar-refractivity contribution in [2.75, 3.05) is 13.1 Å². The van der Waals surface area contributed by atoms with Crippen LogP contribution < -0.4 is 9.47 Å². The third-order valence-electron chi connectivity index (χ3n) is 4.23. The van der Waals surface area contributed by atoms with Crippen LogP contribution in [-0.2, 0) is 16.2 Å². The van der Waals surface area contributed by atoms with Crippen LogP contribution in [0.1, 0.15) is 18.5 Å². The summed E-state index contributed by atoms with van der Waals surface area (Å²) in [5.74, 6) is -0.576. The maximum Gasteiger partial charge on any atom is 0.573 e. The summed E-state index contributed by atoms with van der Waals surface area (Å²) in [6.45, 7) is -0.0881. The highest BCUT2D eigenvalue weighted by Crippen LogP contribution is 2.29. The number of nitrogens with zero attached hydrogens (tertiary/aromatic N) is 3. The first-order chi connectivity index (χ1) is 14.3. The summed E-state index contributed by atoms with van der Waals surface area (Å²) in [4.78, 5) is 6.65. The van der Waals surface area contributed by atoms with Crippen LogP contribution in [0.3, 0.4) is 0 Å². The monoisotopic (exact) mass is 471 g/mol. The highest BCUT2D eigenvalue weighted by Gasteiger charge is 2.35. The first-order valence-electron chi connectivity index (χ1n) is 8.77. The molecule has 0 radical (unpaired) electrons. The Morgan fingerprint density at radius 2 is 1.71 bits per heavy atom. The van der Waals surface area contributed by atoms with Gasteiger partial charge in [0.05, 0.1) is 11.4 Å². The summed E-state index contributed by atoms with van der Waals surface area (Å²) in [5, 5.41) is 0. The minimum absolute atomic E-state index is 0.104. The Bertz CT molecular complexity index is 1010. The Kier molecular flexibility index (Phi) is 6.32. The van der Waals surface area contributed by atoms with Gasteiger partial charge in [-0.15, -0.1) is 13.2 Å². The molecule has 1 aliphatic heterocycles. The normalized spacial score (nSPS) is 18.6. The van der Waals surface area contributed by atoms with Crippen molar-refractivity contribution >= 4 is 10.0 Å². The number of hydrogen-bond donors (Lipinski definition) is 0. The Morgan fingerprint density at radius 3 is 2.32 bits per heavy atom. The molecule has 0 N–H and O–H groups in total. The zero-order chi connectivity index (χ0) is 22.9. The van der Waals surface area contributed by atoms with Gasteiger partial charge in [0, 0.05) is 12.7 Å². The number of rotatable bonds is 5. The first kappa shape index (κ1) is 23.1. The Morgan fingerprint density at radius 1 is 1.03 bits per heavy atom. The topological polar surface area (TPSA) is 81.6 Å². The molecule has 0 spiro atoms. The predicted octanol–water partition coefficient (Wildman–Crippen LogP) is 3.63. The van der Waals surface area contributed by atoms with Crippen molar-refractivity contribution in [2.45, 2.75) is 36.4 Å². The van der Waals surface area contributed by atoms with Crippen molar-refractivity contribution in [3.05, 3.63) is 42.2 Å². The van der Waals surface area contributed by atoms with E-state index >= 15 is 0 Å². The van der Waals surface area contributed by atoms with Gasteiger partial charge in [-0.05, 0) is 43.2 Å². The Balaban J connectivity index is 1.71. The van der Waals surface area contributed by atoms with Crippen molar-refractivity contribution < 1.29 is 44.2 Å². The van der Waals surface area contributed by atoms with Gasteiger partial charge in [-0.3, -0.25) is 0 Å². The van der Waals surface area contributed by atoms with Gasteiger partial charge in [0.15, 0.2) is 5.69 Å². The quantitative estimate of drug-likeness (QED) is 0.620. The van der Waals surface area contributed by atoms with Crippen molar-refractivity contribution in [3.63, 3.8) is 0 Å². The molecule has 0 saturated carbocycles. The second-order valence-corrected chi connectivity index (χ2v) is 8.42. The molecule has 1 atom stereocenters. The number of halogens is 6. The zero-order valence-electron chi connectivity index (χ0n) is 15.5. The zero-order valence-corrected chi connectivity index (χ0v) is 16.3. The van der Waals surface area contributed by atoms with Crippen molar-refractivity contribution in [1.29, 1.82) is 0 Å². The summed E-state index contributed by atoms with van der Waals surface area (Å²) >= 11 is 0. The van der Waals surface area contributed by atoms with E-state index in [1.807, 2.05) is 0 Å². The van der Waals surface area contributed by atoms with Crippen LogP contribution >= 0.6 is 0 Å². The lowest BCUT2D eigenvalue weighted by molar-refractivity contribution is -0.274. The predicted molar refractivity (Wildman–Crippen MR) is 92.6 cm³/mol. The van der Waals surface area contributed by atoms with Crippen molar-refractivity contribution in [2.24, 2.45) is 0 Å². The molecule has 1 aliphatic rings. The molecule has 1 fully saturated rings. The molecule has 170 valence electrons. The second-order valence-electron chi connectivity index (χ2n) is 6.49. The number of aromatic nitrogens is 2. The summed E-state index contributed by atoms with van der Waals surface area (Å²) in [7, 11) is -4.08. The van der Waals surface area contributed by atoms with E-state index in [-0.39, 0.29) is 18.0 Å². The molecule has 7 nitrogen and oxygen atoms in total. The van der Waals surface area contributed by atoms with Gasteiger partial charge in [0.25, 0.3) is 0 Å². The standard InChI is InChI=1S/C17H15F6N3O4S/c18-16(19,20)14-7-8-24-15(25-14)29-12-2-1-9-26(10-12)31(27,28)13-5-3-11(4-6-13)30-17(21,22)23/h3-8,12H,1-2,9-10H2. The van der Waals surface area contributed by atoms with Gasteiger partial charge >= 0.3 is 18.5 Å². The van der Waals surface area contributed by atoms with E-state index in [0.29, 0.717) is 18.9 Å². The average molecular weight is 471 g/mol. The molecule has 0 aliphatic carbocycles. The van der Waals surface area contributed by atoms with E-state index < -0.39 is 46.1 Å². The minimum Gasteiger partial charge on any atom is -0.459 e. The van der Waals surface area contributed by atoms with Crippen LogP contribution in [0.4, 0.5) is 26.3 Å². The van der Waals surface area contributed by atoms with Crippen molar-refractivity contribution in [1.82, 2.24) is 14.3 Å². The molecule has 1 aromatic carbocycles. The average Bonchev–Trinajstić information content (AvgIpc) is 2.67. The molecule has 0 amide bonds. The summed E-state index contributed by atoms with van der Waals surface area (Å²) in [5.41, 5.74) is -1.20. The van der Waals surface area contributed by atoms with Gasteiger partial charge in [0.1, 0.15) is 11.9 Å². The van der Waals surface area contributed by atoms with E-state index in [4.69, 9.17) is 4.74 Å². The Hall–Kier alpha value is -2.61. The molecule has 1 aromatic heterocycles. The number of piperidine rings is 1. The van der Waals surface area contributed by atoms with Crippen LogP contribution in [0.25, 0.3) is 0 Å². The van der Waals surface area contributed by atoms with Gasteiger partial charge in [0.2, 0.25) is 10.0 Å². The third kappa shape index (κ3) is 5.97. The lowest BCUT2D eigenvalue weighted by Crippen LogP contribution is -2.44. The number of benzene rings is 1. The highest BCUT2D eigenvalue weighted by atomic mass is 32.2. The molecular formula is C17H15F6N3O4S. The fourth-order valence-corrected chi connectivity index (χ4v) is 4.40. The Labute approximate surface area is 172 Å². The molecule has 0 bridgehead atoms. The third-order valence-corrected chi connectivity index (χ3v) is 6.11. The molecule has 2 aromatic rings. The minimum atomic E-state index is -4.91. The fraction of sp³-hybridized carbons (Fsp3) is 0.412. The summed E-state index contributed by atoms with van der Waals surface area (Å²) in [6.07, 6.45) is -8.83. The van der Waals surface area contributed by atoms with Gasteiger partial charge in [-0.25, -0.2) is 13.4 Å². The van der Waals surface area contributed by atoms with Crippen molar-refractivity contribution in [3.8, 4) is 11.8 Å². The van der Waals surface area contributed by atoms with Gasteiger partial charge in [-0.1, -0.05) is 0 Å². The van der Waals surface area contributed by atoms with E-state index in [0.717, 1.165) is 34.8 Å². The smallest absolute Gasteiger partial charge is 0.459 e. The van der Waals surface area contributed by atoms with Crippen LogP contribution in [-0.4, -0.2) is 48.2 Å². The van der Waals surface area contributed by atoms with E-state index in [1.54, 1.807) is 0 Å². The van der Waals surface area contributed by atoms with E-state index in [9.17, 15) is 34.8 Å². The summed E-state index contributed by atoms with van der Waals surface area (Å²) < 4.78 is 111. The largest absolute Gasteiger partial charge is 0.573 e. The molecule has 31 heavy (non-hydrogen) atoms. The lowest BCUT2D eigenvalue weighted by Gasteiger charge is -2.31. The molecule has 3 rings (SSSR count). The van der Waals surface area contributed by atoms with Crippen LogP contribution in [0.2, 0.25) is 0 Å². The molecule has 1 unspecified atom stereocenters. The van der Waals surface area contributed by atoms with Gasteiger partial charge in [-0.2, -0.15) is 22.5 Å². The van der Waals surface area contributed by atoms with Crippen LogP contribution in [0.15, 0.2) is 41.4 Å². The summed E-state index contributed by atoms with van der Waals surface area (Å²) in [6, 6.07) is 3.82. The molecule has 2 heterocycles. The lowest BCUT2D eigenvalue weighted by atomic mass is 10.1. The number of ether oxygens (including phenoxy) is 2. The number of sulfonamides is 1. The fourth-order valence-electron chi connectivity index (χ4n) is 2.89. The SMILES string of the molecule is O=S(=O)(c1ccc(OC(F)(F)F)cc1)N1CCCC(Oc2nccc(C(F)(F)F)n2)C1. The maximum absolute atomic E-state index is 12.8. The highest BCUT2D eigenvalue weighted by molar-refractivity contribution is 7.89. The second kappa shape index (κ2) is 8.49. The maximum atomic E-state index is 12.8.